The van der Waals surface area contributed by atoms with E-state index in [1.807, 2.05) is 11.8 Å². The number of fused-ring (bicyclic) bond motifs is 1. The number of rotatable bonds is 0. The monoisotopic (exact) mass is 206 g/mol. The lowest BCUT2D eigenvalue weighted by Crippen LogP contribution is -2.40. The minimum absolute atomic E-state index is 0.00463. The molecular weight excluding hydrogens is 192 g/mol. The summed E-state index contributed by atoms with van der Waals surface area (Å²) in [6, 6.07) is 0. The molecule has 0 aromatic heterocycles. The third-order valence-electron chi connectivity index (χ3n) is 2.80. The lowest BCUT2D eigenvalue weighted by Gasteiger charge is -2.34. The van der Waals surface area contributed by atoms with E-state index < -0.39 is 9.84 Å². The van der Waals surface area contributed by atoms with Crippen molar-refractivity contribution in [2.45, 2.75) is 36.2 Å². The number of sulfone groups is 1. The maximum absolute atomic E-state index is 11.6. The first-order valence-electron chi connectivity index (χ1n) is 4.53. The van der Waals surface area contributed by atoms with Gasteiger partial charge >= 0.3 is 0 Å². The normalized spacial score (nSPS) is 40.3. The molecular formula is C8H14O2S2. The number of thioether (sulfide) groups is 1. The van der Waals surface area contributed by atoms with E-state index in [4.69, 9.17) is 0 Å². The van der Waals surface area contributed by atoms with Crippen LogP contribution in [-0.2, 0) is 9.84 Å². The maximum atomic E-state index is 11.6. The summed E-state index contributed by atoms with van der Waals surface area (Å²) < 4.78 is 23.2. The van der Waals surface area contributed by atoms with Crippen molar-refractivity contribution in [3.8, 4) is 0 Å². The second-order valence-electron chi connectivity index (χ2n) is 3.60. The van der Waals surface area contributed by atoms with Crippen molar-refractivity contribution in [3.63, 3.8) is 0 Å². The van der Waals surface area contributed by atoms with Crippen molar-refractivity contribution >= 4 is 21.6 Å². The third-order valence-corrected chi connectivity index (χ3v) is 6.93. The quantitative estimate of drug-likeness (QED) is 0.602. The number of hydrogen-bond acceptors (Lipinski definition) is 3. The van der Waals surface area contributed by atoms with Gasteiger partial charge in [-0.3, -0.25) is 0 Å². The van der Waals surface area contributed by atoms with E-state index in [0.29, 0.717) is 11.0 Å². The zero-order valence-corrected chi connectivity index (χ0v) is 8.66. The van der Waals surface area contributed by atoms with Crippen LogP contribution in [0.2, 0.25) is 0 Å². The van der Waals surface area contributed by atoms with Gasteiger partial charge in [0, 0.05) is 11.0 Å². The lowest BCUT2D eigenvalue weighted by atomic mass is 10.00. The van der Waals surface area contributed by atoms with Gasteiger partial charge in [0.1, 0.15) is 0 Å². The molecule has 1 aliphatic heterocycles. The summed E-state index contributed by atoms with van der Waals surface area (Å²) >= 11 is 1.87. The molecule has 1 saturated carbocycles. The molecule has 0 unspecified atom stereocenters. The van der Waals surface area contributed by atoms with Crippen LogP contribution in [0.4, 0.5) is 0 Å². The molecule has 2 fully saturated rings. The van der Waals surface area contributed by atoms with Gasteiger partial charge in [-0.15, -0.1) is 0 Å². The van der Waals surface area contributed by atoms with E-state index in [0.717, 1.165) is 25.0 Å². The van der Waals surface area contributed by atoms with Crippen molar-refractivity contribution in [1.29, 1.82) is 0 Å². The van der Waals surface area contributed by atoms with Crippen LogP contribution < -0.4 is 0 Å². The maximum Gasteiger partial charge on any atom is 0.155 e. The molecule has 12 heavy (non-hydrogen) atoms. The van der Waals surface area contributed by atoms with Crippen LogP contribution in [0.25, 0.3) is 0 Å². The Balaban J connectivity index is 2.20. The van der Waals surface area contributed by atoms with Gasteiger partial charge in [-0.2, -0.15) is 11.8 Å². The average molecular weight is 206 g/mol. The summed E-state index contributed by atoms with van der Waals surface area (Å²) in [6.07, 6.45) is 4.37. The van der Waals surface area contributed by atoms with Crippen LogP contribution in [0, 0.1) is 0 Å². The van der Waals surface area contributed by atoms with Gasteiger partial charge in [-0.1, -0.05) is 12.8 Å². The second kappa shape index (κ2) is 3.22. The Labute approximate surface area is 78.0 Å². The van der Waals surface area contributed by atoms with Crippen LogP contribution >= 0.6 is 11.8 Å². The van der Waals surface area contributed by atoms with E-state index in [9.17, 15) is 8.42 Å². The topological polar surface area (TPSA) is 34.1 Å². The fourth-order valence-electron chi connectivity index (χ4n) is 2.13. The number of hydrogen-bond donors (Lipinski definition) is 0. The summed E-state index contributed by atoms with van der Waals surface area (Å²) in [6.45, 7) is 0. The molecule has 0 radical (unpaired) electrons. The van der Waals surface area contributed by atoms with Gasteiger partial charge in [-0.05, 0) is 12.8 Å². The summed E-state index contributed by atoms with van der Waals surface area (Å²) in [7, 11) is -2.70. The Bertz CT molecular complexity index is 256. The average Bonchev–Trinajstić information content (AvgIpc) is 2.04. The van der Waals surface area contributed by atoms with E-state index in [1.165, 1.54) is 6.42 Å². The molecule has 0 aromatic rings. The van der Waals surface area contributed by atoms with Crippen molar-refractivity contribution < 1.29 is 8.42 Å². The first-order chi connectivity index (χ1) is 5.70. The first-order valence-corrected chi connectivity index (χ1v) is 7.30. The van der Waals surface area contributed by atoms with E-state index >= 15 is 0 Å². The molecule has 1 saturated heterocycles. The molecule has 70 valence electrons. The minimum atomic E-state index is -2.70. The molecule has 2 rings (SSSR count). The minimum Gasteiger partial charge on any atom is -0.228 e. The van der Waals surface area contributed by atoms with Crippen LogP contribution in [0.15, 0.2) is 0 Å². The van der Waals surface area contributed by atoms with Gasteiger partial charge < -0.3 is 0 Å². The van der Waals surface area contributed by atoms with E-state index in [2.05, 4.69) is 0 Å². The molecule has 0 bridgehead atoms. The molecule has 0 spiro atoms. The highest BCUT2D eigenvalue weighted by molar-refractivity contribution is 8.04. The Morgan fingerprint density at radius 1 is 1.17 bits per heavy atom. The van der Waals surface area contributed by atoms with Crippen LogP contribution in [0.3, 0.4) is 0 Å². The lowest BCUT2D eigenvalue weighted by molar-refractivity contribution is 0.490. The van der Waals surface area contributed by atoms with Gasteiger partial charge in [0.2, 0.25) is 0 Å². The summed E-state index contributed by atoms with van der Waals surface area (Å²) in [5.41, 5.74) is 0. The second-order valence-corrected chi connectivity index (χ2v) is 7.29. The molecule has 2 nitrogen and oxygen atoms in total. The highest BCUT2D eigenvalue weighted by atomic mass is 32.2. The molecule has 0 N–H and O–H groups in total. The Morgan fingerprint density at radius 3 is 2.67 bits per heavy atom. The summed E-state index contributed by atoms with van der Waals surface area (Å²) in [5, 5.41) is 0.433. The van der Waals surface area contributed by atoms with Gasteiger partial charge in [0.15, 0.2) is 9.84 Å². The van der Waals surface area contributed by atoms with Gasteiger partial charge in [0.05, 0.1) is 11.0 Å². The van der Waals surface area contributed by atoms with Crippen LogP contribution in [-0.4, -0.2) is 30.4 Å². The highest BCUT2D eigenvalue weighted by Crippen LogP contribution is 2.36. The van der Waals surface area contributed by atoms with Crippen molar-refractivity contribution in [2.75, 3.05) is 11.5 Å². The van der Waals surface area contributed by atoms with Crippen molar-refractivity contribution in [3.05, 3.63) is 0 Å². The molecule has 0 aromatic carbocycles. The van der Waals surface area contributed by atoms with Crippen molar-refractivity contribution in [1.82, 2.24) is 0 Å². The van der Waals surface area contributed by atoms with E-state index in [1.54, 1.807) is 0 Å². The molecule has 4 heteroatoms. The largest absolute Gasteiger partial charge is 0.228 e. The highest BCUT2D eigenvalue weighted by Gasteiger charge is 2.38. The predicted octanol–water partition coefficient (Wildman–Crippen LogP) is 1.46. The molecule has 2 atom stereocenters. The SMILES string of the molecule is O=S1(=O)CCS[C@@H]2CCCC[C@H]21. The van der Waals surface area contributed by atoms with E-state index in [-0.39, 0.29) is 5.25 Å². The molecule has 1 aliphatic carbocycles. The summed E-state index contributed by atoms with van der Waals surface area (Å²) in [4.78, 5) is 0. The Morgan fingerprint density at radius 2 is 1.92 bits per heavy atom. The first kappa shape index (κ1) is 8.88. The van der Waals surface area contributed by atoms with Crippen molar-refractivity contribution in [2.24, 2.45) is 0 Å². The Kier molecular flexibility index (Phi) is 2.38. The Hall–Kier alpha value is 0.300. The smallest absolute Gasteiger partial charge is 0.155 e. The zero-order chi connectivity index (χ0) is 8.60. The fourth-order valence-corrected chi connectivity index (χ4v) is 6.60. The van der Waals surface area contributed by atoms with Crippen LogP contribution in [0.5, 0.6) is 0 Å². The fraction of sp³-hybridized carbons (Fsp3) is 1.00. The molecule has 0 amide bonds. The summed E-state index contributed by atoms with van der Waals surface area (Å²) in [5.74, 6) is 1.24. The third kappa shape index (κ3) is 1.51. The van der Waals surface area contributed by atoms with Gasteiger partial charge in [-0.25, -0.2) is 8.42 Å². The van der Waals surface area contributed by atoms with Gasteiger partial charge in [0.25, 0.3) is 0 Å². The molecule has 2 aliphatic rings. The standard InChI is InChI=1S/C8H14O2S2/c9-12(10)6-5-11-7-3-1-2-4-8(7)12/h7-8H,1-6H2/t7-,8-/m1/s1. The molecule has 1 heterocycles. The zero-order valence-electron chi connectivity index (χ0n) is 7.03. The van der Waals surface area contributed by atoms with Crippen LogP contribution in [0.1, 0.15) is 25.7 Å². The predicted molar refractivity (Wildman–Crippen MR) is 52.3 cm³/mol.